The van der Waals surface area contributed by atoms with Crippen LogP contribution >= 0.6 is 23.5 Å². The van der Waals surface area contributed by atoms with Crippen LogP contribution in [-0.4, -0.2) is 20.7 Å². The van der Waals surface area contributed by atoms with Crippen LogP contribution in [0.25, 0.3) is 0 Å². The maximum Gasteiger partial charge on any atom is 0.114 e. The van der Waals surface area contributed by atoms with Crippen molar-refractivity contribution in [3.05, 3.63) is 35.4 Å². The van der Waals surface area contributed by atoms with Crippen molar-refractivity contribution in [2.24, 2.45) is 0 Å². The van der Waals surface area contributed by atoms with Gasteiger partial charge in [0.15, 0.2) is 0 Å². The van der Waals surface area contributed by atoms with Gasteiger partial charge in [0, 0.05) is 0 Å². The van der Waals surface area contributed by atoms with E-state index >= 15 is 0 Å². The zero-order valence-electron chi connectivity index (χ0n) is 10.1. The summed E-state index contributed by atoms with van der Waals surface area (Å²) in [5.41, 5.74) is 1.87. The highest BCUT2D eigenvalue weighted by Crippen LogP contribution is 2.57. The molecular formula is C14H18OS2. The lowest BCUT2D eigenvalue weighted by molar-refractivity contribution is 0.0304. The highest BCUT2D eigenvalue weighted by molar-refractivity contribution is 8.18. The first-order valence-electron chi connectivity index (χ1n) is 6.24. The van der Waals surface area contributed by atoms with Gasteiger partial charge in [0.25, 0.3) is 0 Å². The summed E-state index contributed by atoms with van der Waals surface area (Å²) >= 11 is 3.88. The number of benzene rings is 1. The van der Waals surface area contributed by atoms with Crippen LogP contribution in [0.1, 0.15) is 30.9 Å². The van der Waals surface area contributed by atoms with E-state index in [2.05, 4.69) is 31.2 Å². The predicted octanol–water partition coefficient (Wildman–Crippen LogP) is 3.41. The Labute approximate surface area is 111 Å². The fraction of sp³-hybridized carbons (Fsp3) is 0.571. The van der Waals surface area contributed by atoms with E-state index < -0.39 is 5.60 Å². The molecular weight excluding hydrogens is 248 g/mol. The average molecular weight is 266 g/mol. The van der Waals surface area contributed by atoms with E-state index in [4.69, 9.17) is 0 Å². The molecule has 3 heteroatoms. The van der Waals surface area contributed by atoms with Gasteiger partial charge in [-0.05, 0) is 48.8 Å². The topological polar surface area (TPSA) is 20.2 Å². The van der Waals surface area contributed by atoms with Crippen LogP contribution in [0.15, 0.2) is 24.3 Å². The number of aryl methyl sites for hydroxylation is 1. The van der Waals surface area contributed by atoms with Crippen LogP contribution in [0.2, 0.25) is 0 Å². The Morgan fingerprint density at radius 1 is 1.18 bits per heavy atom. The summed E-state index contributed by atoms with van der Waals surface area (Å²) < 4.78 is -0.0716. The molecule has 1 aromatic rings. The van der Waals surface area contributed by atoms with Crippen molar-refractivity contribution in [3.8, 4) is 0 Å². The molecule has 1 nitrogen and oxygen atoms in total. The van der Waals surface area contributed by atoms with Crippen LogP contribution in [0.3, 0.4) is 0 Å². The molecule has 1 aliphatic heterocycles. The van der Waals surface area contributed by atoms with E-state index in [1.807, 2.05) is 23.5 Å². The Morgan fingerprint density at radius 2 is 1.88 bits per heavy atom. The molecule has 3 rings (SSSR count). The van der Waals surface area contributed by atoms with E-state index in [0.29, 0.717) is 0 Å². The molecule has 0 radical (unpaired) electrons. The van der Waals surface area contributed by atoms with Crippen molar-refractivity contribution in [3.63, 3.8) is 0 Å². The molecule has 1 N–H and O–H groups in total. The molecule has 17 heavy (non-hydrogen) atoms. The molecule has 0 unspecified atom stereocenters. The largest absolute Gasteiger partial charge is 0.383 e. The zero-order chi connectivity index (χ0) is 11.9. The first-order chi connectivity index (χ1) is 8.16. The predicted molar refractivity (Wildman–Crippen MR) is 76.6 cm³/mol. The van der Waals surface area contributed by atoms with Gasteiger partial charge in [0.05, 0.1) is 4.08 Å². The van der Waals surface area contributed by atoms with E-state index in [9.17, 15) is 5.11 Å². The highest BCUT2D eigenvalue weighted by atomic mass is 32.2. The van der Waals surface area contributed by atoms with E-state index in [-0.39, 0.29) is 4.08 Å². The third-order valence-corrected chi connectivity index (χ3v) is 7.48. The Bertz CT molecular complexity index is 426. The van der Waals surface area contributed by atoms with Crippen molar-refractivity contribution >= 4 is 23.5 Å². The summed E-state index contributed by atoms with van der Waals surface area (Å²) in [6.07, 6.45) is 3.16. The van der Waals surface area contributed by atoms with Crippen LogP contribution < -0.4 is 0 Å². The molecule has 0 saturated carbocycles. The zero-order valence-corrected chi connectivity index (χ0v) is 11.7. The Hall–Kier alpha value is -0.120. The Kier molecular flexibility index (Phi) is 2.96. The van der Waals surface area contributed by atoms with E-state index in [1.54, 1.807) is 0 Å². The second-order valence-corrected chi connectivity index (χ2v) is 8.30. The molecule has 92 valence electrons. The van der Waals surface area contributed by atoms with Crippen LogP contribution in [-0.2, 0) is 12.0 Å². The monoisotopic (exact) mass is 266 g/mol. The summed E-state index contributed by atoms with van der Waals surface area (Å²) in [5, 5.41) is 11.2. The van der Waals surface area contributed by atoms with Gasteiger partial charge in [-0.1, -0.05) is 24.3 Å². The lowest BCUT2D eigenvalue weighted by Crippen LogP contribution is -2.45. The first kappa shape index (κ1) is 11.9. The summed E-state index contributed by atoms with van der Waals surface area (Å²) in [6, 6.07) is 8.41. The lowest BCUT2D eigenvalue weighted by atomic mass is 9.92. The molecule has 0 amide bonds. The van der Waals surface area contributed by atoms with Gasteiger partial charge < -0.3 is 5.11 Å². The van der Waals surface area contributed by atoms with Gasteiger partial charge in [-0.15, -0.1) is 23.5 Å². The normalized spacial score (nSPS) is 31.2. The van der Waals surface area contributed by atoms with Gasteiger partial charge in [0.2, 0.25) is 0 Å². The summed E-state index contributed by atoms with van der Waals surface area (Å²) in [5.74, 6) is 2.35. The lowest BCUT2D eigenvalue weighted by Gasteiger charge is -2.44. The fourth-order valence-corrected chi connectivity index (χ4v) is 6.21. The van der Waals surface area contributed by atoms with Gasteiger partial charge in [-0.2, -0.15) is 0 Å². The van der Waals surface area contributed by atoms with Gasteiger partial charge >= 0.3 is 0 Å². The number of thioether (sulfide) groups is 2. The van der Waals surface area contributed by atoms with Crippen LogP contribution in [0, 0.1) is 0 Å². The molecule has 1 fully saturated rings. The first-order valence-corrected chi connectivity index (χ1v) is 8.21. The molecule has 0 aromatic heterocycles. The number of aliphatic hydroxyl groups is 1. The van der Waals surface area contributed by atoms with Crippen molar-refractivity contribution in [2.45, 2.75) is 35.9 Å². The van der Waals surface area contributed by atoms with Crippen molar-refractivity contribution in [1.29, 1.82) is 0 Å². The van der Waals surface area contributed by atoms with Crippen molar-refractivity contribution in [2.75, 3.05) is 11.5 Å². The minimum Gasteiger partial charge on any atom is -0.383 e. The summed E-state index contributed by atoms with van der Waals surface area (Å²) in [4.78, 5) is 0. The Morgan fingerprint density at radius 3 is 2.65 bits per heavy atom. The number of rotatable bonds is 1. The molecule has 0 spiro atoms. The fourth-order valence-electron chi connectivity index (χ4n) is 2.94. The molecule has 1 heterocycles. The molecule has 1 aliphatic carbocycles. The molecule has 0 bridgehead atoms. The van der Waals surface area contributed by atoms with Gasteiger partial charge in [-0.3, -0.25) is 0 Å². The van der Waals surface area contributed by atoms with Crippen LogP contribution in [0.5, 0.6) is 0 Å². The number of hydrogen-bond acceptors (Lipinski definition) is 3. The highest BCUT2D eigenvalue weighted by Gasteiger charge is 2.52. The standard InChI is InChI=1S/C14H18OS2/c1-13(16-9-4-10-17-13)14(15)8-7-11-5-2-3-6-12(11)14/h2-3,5-6,15H,4,7-10H2,1H3/t14-/m1/s1. The van der Waals surface area contributed by atoms with Gasteiger partial charge in [-0.25, -0.2) is 0 Å². The van der Waals surface area contributed by atoms with Crippen LogP contribution in [0.4, 0.5) is 0 Å². The maximum absolute atomic E-state index is 11.2. The molecule has 2 aliphatic rings. The SMILES string of the molecule is CC1([C@@]2(O)CCc3ccccc32)SCCCS1. The third-order valence-electron chi connectivity index (χ3n) is 4.01. The second kappa shape index (κ2) is 4.22. The Balaban J connectivity index is 2.02. The minimum absolute atomic E-state index is 0.0716. The second-order valence-electron chi connectivity index (χ2n) is 5.01. The smallest absolute Gasteiger partial charge is 0.114 e. The molecule has 1 atom stereocenters. The third kappa shape index (κ3) is 1.74. The van der Waals surface area contributed by atoms with Crippen molar-refractivity contribution < 1.29 is 5.11 Å². The maximum atomic E-state index is 11.2. The average Bonchev–Trinajstić information content (AvgIpc) is 2.71. The summed E-state index contributed by atoms with van der Waals surface area (Å²) in [6.45, 7) is 2.23. The van der Waals surface area contributed by atoms with Gasteiger partial charge in [0.1, 0.15) is 5.60 Å². The molecule has 1 saturated heterocycles. The van der Waals surface area contributed by atoms with E-state index in [0.717, 1.165) is 12.8 Å². The number of hydrogen-bond donors (Lipinski definition) is 1. The van der Waals surface area contributed by atoms with E-state index in [1.165, 1.54) is 29.1 Å². The molecule has 1 aromatic carbocycles. The quantitative estimate of drug-likeness (QED) is 0.841. The van der Waals surface area contributed by atoms with Crippen molar-refractivity contribution in [1.82, 2.24) is 0 Å². The number of fused-ring (bicyclic) bond motifs is 1. The minimum atomic E-state index is -0.640. The summed E-state index contributed by atoms with van der Waals surface area (Å²) in [7, 11) is 0.